The van der Waals surface area contributed by atoms with Crippen molar-refractivity contribution in [1.82, 2.24) is 20.2 Å². The predicted molar refractivity (Wildman–Crippen MR) is 95.1 cm³/mol. The molecule has 0 radical (unpaired) electrons. The summed E-state index contributed by atoms with van der Waals surface area (Å²) in [6, 6.07) is 12.1. The summed E-state index contributed by atoms with van der Waals surface area (Å²) in [6.07, 6.45) is 1.83. The first-order valence-corrected chi connectivity index (χ1v) is 9.87. The van der Waals surface area contributed by atoms with E-state index in [9.17, 15) is 17.8 Å². The van der Waals surface area contributed by atoms with E-state index in [4.69, 9.17) is 0 Å². The van der Waals surface area contributed by atoms with Gasteiger partial charge in [0.15, 0.2) is 0 Å². The Morgan fingerprint density at radius 1 is 1.19 bits per heavy atom. The van der Waals surface area contributed by atoms with Crippen molar-refractivity contribution in [3.8, 4) is 5.69 Å². The maximum Gasteiger partial charge on any atom is 0.295 e. The molecule has 0 spiro atoms. The number of benzene rings is 2. The molecule has 3 aromatic rings. The minimum atomic E-state index is -4.52. The van der Waals surface area contributed by atoms with Crippen LogP contribution in [-0.4, -0.2) is 45.3 Å². The van der Waals surface area contributed by atoms with Crippen LogP contribution < -0.4 is 5.32 Å². The van der Waals surface area contributed by atoms with Crippen LogP contribution in [-0.2, 0) is 10.1 Å². The number of hydrogen-bond acceptors (Lipinski definition) is 7. The average molecular weight is 391 g/mol. The van der Waals surface area contributed by atoms with Gasteiger partial charge >= 0.3 is 0 Å². The number of thioether (sulfide) groups is 1. The first-order valence-electron chi connectivity index (χ1n) is 7.21. The highest BCUT2D eigenvalue weighted by Crippen LogP contribution is 2.21. The number of amides is 1. The molecular weight excluding hydrogens is 378 g/mol. The Bertz CT molecular complexity index is 1070. The molecule has 2 aromatic carbocycles. The molecule has 0 fully saturated rings. The summed E-state index contributed by atoms with van der Waals surface area (Å²) in [5, 5.41) is 14.6. The minimum absolute atomic E-state index is 0.160. The van der Waals surface area contributed by atoms with Crippen molar-refractivity contribution in [2.24, 2.45) is 0 Å². The normalized spacial score (nSPS) is 11.3. The second-order valence-electron chi connectivity index (χ2n) is 5.05. The lowest BCUT2D eigenvalue weighted by Gasteiger charge is -2.10. The summed E-state index contributed by atoms with van der Waals surface area (Å²) in [6.45, 7) is 0. The Morgan fingerprint density at radius 2 is 1.96 bits per heavy atom. The van der Waals surface area contributed by atoms with Crippen LogP contribution in [0.4, 0.5) is 5.69 Å². The molecule has 134 valence electrons. The molecule has 26 heavy (non-hydrogen) atoms. The summed E-state index contributed by atoms with van der Waals surface area (Å²) in [4.78, 5) is 12.0. The summed E-state index contributed by atoms with van der Waals surface area (Å²) in [7, 11) is -4.52. The lowest BCUT2D eigenvalue weighted by Crippen LogP contribution is -2.16. The third-order valence-electron chi connectivity index (χ3n) is 3.38. The zero-order chi connectivity index (χ0) is 18.7. The van der Waals surface area contributed by atoms with Crippen LogP contribution in [0.15, 0.2) is 58.6 Å². The molecule has 1 aromatic heterocycles. The number of nitrogens with one attached hydrogen (secondary N) is 1. The second-order valence-corrected chi connectivity index (χ2v) is 7.22. The number of anilines is 1. The van der Waals surface area contributed by atoms with Gasteiger partial charge in [-0.15, -0.1) is 5.10 Å². The Kier molecular flexibility index (Phi) is 5.02. The van der Waals surface area contributed by atoms with Gasteiger partial charge in [0, 0.05) is 5.69 Å². The van der Waals surface area contributed by atoms with Crippen molar-refractivity contribution in [1.29, 1.82) is 0 Å². The van der Waals surface area contributed by atoms with E-state index in [0.717, 1.165) is 6.07 Å². The predicted octanol–water partition coefficient (Wildman–Crippen LogP) is 1.88. The van der Waals surface area contributed by atoms with E-state index in [0.29, 0.717) is 16.5 Å². The molecule has 1 amide bonds. The van der Waals surface area contributed by atoms with Crippen molar-refractivity contribution in [3.05, 3.63) is 54.1 Å². The number of rotatable bonds is 5. The van der Waals surface area contributed by atoms with Crippen molar-refractivity contribution in [2.45, 2.75) is 10.1 Å². The van der Waals surface area contributed by atoms with Gasteiger partial charge in [-0.3, -0.25) is 9.35 Å². The molecular formula is C15H13N5O4S2. The molecule has 1 heterocycles. The van der Waals surface area contributed by atoms with Crippen molar-refractivity contribution < 1.29 is 17.8 Å². The first-order chi connectivity index (χ1) is 12.4. The quantitative estimate of drug-likeness (QED) is 0.498. The Balaban J connectivity index is 1.91. The van der Waals surface area contributed by atoms with E-state index in [1.807, 2.05) is 6.26 Å². The standard InChI is InChI=1S/C15H13N5O4S2/c1-25-15-17-18-19-20(15)11-6-4-5-10(9-11)16-14(21)12-7-2-3-8-13(12)26(22,23)24/h2-9H,1H3,(H,16,21)(H,22,23,24). The molecule has 0 unspecified atom stereocenters. The molecule has 9 nitrogen and oxygen atoms in total. The molecule has 2 N–H and O–H groups in total. The SMILES string of the molecule is CSc1nnnn1-c1cccc(NC(=O)c2ccccc2S(=O)(=O)O)c1. The number of carbonyl (C=O) groups excluding carboxylic acids is 1. The minimum Gasteiger partial charge on any atom is -0.322 e. The molecule has 0 aliphatic rings. The van der Waals surface area contributed by atoms with Gasteiger partial charge in [0.1, 0.15) is 4.90 Å². The molecule has 0 aliphatic carbocycles. The monoisotopic (exact) mass is 391 g/mol. The largest absolute Gasteiger partial charge is 0.322 e. The number of aromatic nitrogens is 4. The van der Waals surface area contributed by atoms with E-state index in [1.54, 1.807) is 24.3 Å². The zero-order valence-corrected chi connectivity index (χ0v) is 15.0. The average Bonchev–Trinajstić information content (AvgIpc) is 3.10. The molecule has 3 rings (SSSR count). The maximum absolute atomic E-state index is 12.5. The van der Waals surface area contributed by atoms with Crippen LogP contribution >= 0.6 is 11.8 Å². The fraction of sp³-hybridized carbons (Fsp3) is 0.0667. The summed E-state index contributed by atoms with van der Waals surface area (Å²) in [5.41, 5.74) is 0.882. The van der Waals surface area contributed by atoms with Gasteiger partial charge in [0.2, 0.25) is 5.16 Å². The fourth-order valence-corrected chi connectivity index (χ4v) is 3.38. The summed E-state index contributed by atoms with van der Waals surface area (Å²) >= 11 is 1.36. The maximum atomic E-state index is 12.5. The van der Waals surface area contributed by atoms with Crippen LogP contribution in [0.25, 0.3) is 5.69 Å². The van der Waals surface area contributed by atoms with Gasteiger partial charge in [-0.1, -0.05) is 30.0 Å². The van der Waals surface area contributed by atoms with Gasteiger partial charge in [-0.05, 0) is 47.0 Å². The van der Waals surface area contributed by atoms with Crippen molar-refractivity contribution >= 4 is 33.5 Å². The third kappa shape index (κ3) is 3.74. The van der Waals surface area contributed by atoms with Gasteiger partial charge in [0.25, 0.3) is 16.0 Å². The second kappa shape index (κ2) is 7.23. The third-order valence-corrected chi connectivity index (χ3v) is 4.91. The van der Waals surface area contributed by atoms with Crippen molar-refractivity contribution in [3.63, 3.8) is 0 Å². The number of hydrogen-bond donors (Lipinski definition) is 2. The molecule has 0 aliphatic heterocycles. The Morgan fingerprint density at radius 3 is 2.69 bits per heavy atom. The lowest BCUT2D eigenvalue weighted by atomic mass is 10.2. The Labute approximate surface area is 153 Å². The number of nitrogens with zero attached hydrogens (tertiary/aromatic N) is 4. The van der Waals surface area contributed by atoms with E-state index in [-0.39, 0.29) is 5.56 Å². The molecule has 11 heteroatoms. The smallest absolute Gasteiger partial charge is 0.295 e. The topological polar surface area (TPSA) is 127 Å². The number of carbonyl (C=O) groups is 1. The van der Waals surface area contributed by atoms with Crippen LogP contribution in [0.3, 0.4) is 0 Å². The zero-order valence-electron chi connectivity index (χ0n) is 13.4. The summed E-state index contributed by atoms with van der Waals surface area (Å²) in [5.74, 6) is -0.669. The van der Waals surface area contributed by atoms with Gasteiger partial charge in [-0.2, -0.15) is 13.1 Å². The lowest BCUT2D eigenvalue weighted by molar-refractivity contribution is 0.102. The van der Waals surface area contributed by atoms with Crippen LogP contribution in [0, 0.1) is 0 Å². The van der Waals surface area contributed by atoms with Crippen LogP contribution in [0.2, 0.25) is 0 Å². The Hall–Kier alpha value is -2.76. The van der Waals surface area contributed by atoms with Crippen LogP contribution in [0.1, 0.15) is 10.4 Å². The molecule has 0 saturated carbocycles. The van der Waals surface area contributed by atoms with E-state index >= 15 is 0 Å². The van der Waals surface area contributed by atoms with Crippen molar-refractivity contribution in [2.75, 3.05) is 11.6 Å². The van der Waals surface area contributed by atoms with Crippen LogP contribution in [0.5, 0.6) is 0 Å². The van der Waals surface area contributed by atoms with Gasteiger partial charge < -0.3 is 5.32 Å². The van der Waals surface area contributed by atoms with E-state index < -0.39 is 20.9 Å². The first kappa shape index (κ1) is 18.0. The highest BCUT2D eigenvalue weighted by atomic mass is 32.2. The van der Waals surface area contributed by atoms with Gasteiger partial charge in [0.05, 0.1) is 11.3 Å². The highest BCUT2D eigenvalue weighted by Gasteiger charge is 2.20. The highest BCUT2D eigenvalue weighted by molar-refractivity contribution is 7.98. The van der Waals surface area contributed by atoms with Gasteiger partial charge in [-0.25, -0.2) is 0 Å². The molecule has 0 bridgehead atoms. The van der Waals surface area contributed by atoms with E-state index in [2.05, 4.69) is 20.8 Å². The fourth-order valence-electron chi connectivity index (χ4n) is 2.26. The number of tetrazole rings is 1. The molecule has 0 atom stereocenters. The summed E-state index contributed by atoms with van der Waals surface area (Å²) < 4.78 is 33.7. The molecule has 0 saturated heterocycles. The van der Waals surface area contributed by atoms with E-state index in [1.165, 1.54) is 34.6 Å².